The molecule has 0 saturated carbocycles. The monoisotopic (exact) mass is 298 g/mol. The van der Waals surface area contributed by atoms with Gasteiger partial charge in [-0.2, -0.15) is 4.68 Å². The average molecular weight is 298 g/mol. The third-order valence-electron chi connectivity index (χ3n) is 3.00. The number of carboxylic acid groups (broad SMARTS) is 1. The van der Waals surface area contributed by atoms with E-state index in [2.05, 4.69) is 5.10 Å². The molecule has 1 saturated heterocycles. The molecule has 1 aromatic heterocycles. The third kappa shape index (κ3) is 3.99. The largest absolute Gasteiger partial charge is 0.481 e. The van der Waals surface area contributed by atoms with Crippen molar-refractivity contribution in [2.45, 2.75) is 19.1 Å². The molecular formula is C11H14N4O6. The molecular weight excluding hydrogens is 284 g/mol. The van der Waals surface area contributed by atoms with Gasteiger partial charge in [-0.05, 0) is 4.92 Å². The first-order valence-electron chi connectivity index (χ1n) is 6.24. The Morgan fingerprint density at radius 1 is 1.57 bits per heavy atom. The summed E-state index contributed by atoms with van der Waals surface area (Å²) in [5, 5.41) is 22.9. The maximum absolute atomic E-state index is 12.1. The van der Waals surface area contributed by atoms with Crippen LogP contribution in [0.1, 0.15) is 6.42 Å². The van der Waals surface area contributed by atoms with Crippen molar-refractivity contribution in [1.29, 1.82) is 0 Å². The molecule has 2 heterocycles. The summed E-state index contributed by atoms with van der Waals surface area (Å²) in [5.41, 5.74) is 0. The van der Waals surface area contributed by atoms with Gasteiger partial charge in [-0.25, -0.2) is 0 Å². The number of rotatable bonds is 5. The average Bonchev–Trinajstić information content (AvgIpc) is 2.87. The van der Waals surface area contributed by atoms with Crippen LogP contribution in [0.4, 0.5) is 5.82 Å². The van der Waals surface area contributed by atoms with Gasteiger partial charge in [0.1, 0.15) is 6.54 Å². The standard InChI is InChI=1S/C11H14N4O6/c16-10(7-14-2-1-9(12-14)15(19)20)13-3-4-21-8(6-13)5-11(17)18/h1-2,8H,3-7H2,(H,17,18). The zero-order valence-corrected chi connectivity index (χ0v) is 11.0. The lowest BCUT2D eigenvalue weighted by Crippen LogP contribution is -2.47. The van der Waals surface area contributed by atoms with E-state index in [1.807, 2.05) is 0 Å². The highest BCUT2D eigenvalue weighted by Gasteiger charge is 2.26. The van der Waals surface area contributed by atoms with Gasteiger partial charge in [0, 0.05) is 13.1 Å². The van der Waals surface area contributed by atoms with Crippen LogP contribution in [0.25, 0.3) is 0 Å². The van der Waals surface area contributed by atoms with Crippen molar-refractivity contribution in [3.8, 4) is 0 Å². The lowest BCUT2D eigenvalue weighted by atomic mass is 10.2. The Morgan fingerprint density at radius 2 is 2.33 bits per heavy atom. The van der Waals surface area contributed by atoms with E-state index in [9.17, 15) is 19.7 Å². The number of aromatic nitrogens is 2. The Hall–Kier alpha value is -2.49. The number of amides is 1. The molecule has 0 spiro atoms. The highest BCUT2D eigenvalue weighted by atomic mass is 16.6. The first kappa shape index (κ1) is 14.9. The molecule has 1 atom stereocenters. The van der Waals surface area contributed by atoms with Gasteiger partial charge in [0.15, 0.2) is 0 Å². The second-order valence-electron chi connectivity index (χ2n) is 4.56. The van der Waals surface area contributed by atoms with Crippen LogP contribution < -0.4 is 0 Å². The number of morpholine rings is 1. The summed E-state index contributed by atoms with van der Waals surface area (Å²) >= 11 is 0. The number of carboxylic acids is 1. The van der Waals surface area contributed by atoms with Crippen LogP contribution in [0.2, 0.25) is 0 Å². The van der Waals surface area contributed by atoms with Crippen molar-refractivity contribution in [2.75, 3.05) is 19.7 Å². The van der Waals surface area contributed by atoms with Crippen LogP contribution in [0.5, 0.6) is 0 Å². The third-order valence-corrected chi connectivity index (χ3v) is 3.00. The highest BCUT2D eigenvalue weighted by molar-refractivity contribution is 5.76. The van der Waals surface area contributed by atoms with E-state index in [1.54, 1.807) is 0 Å². The molecule has 1 fully saturated rings. The number of aliphatic carboxylic acids is 1. The molecule has 1 N–H and O–H groups in total. The number of carbonyl (C=O) groups is 2. The number of nitro groups is 1. The lowest BCUT2D eigenvalue weighted by molar-refractivity contribution is -0.389. The van der Waals surface area contributed by atoms with Crippen molar-refractivity contribution in [1.82, 2.24) is 14.7 Å². The molecule has 1 unspecified atom stereocenters. The second-order valence-corrected chi connectivity index (χ2v) is 4.56. The summed E-state index contributed by atoms with van der Waals surface area (Å²) < 4.78 is 6.45. The van der Waals surface area contributed by atoms with Gasteiger partial charge in [0.25, 0.3) is 0 Å². The van der Waals surface area contributed by atoms with E-state index < -0.39 is 17.0 Å². The first-order valence-corrected chi connectivity index (χ1v) is 6.24. The zero-order chi connectivity index (χ0) is 15.4. The minimum absolute atomic E-state index is 0.131. The van der Waals surface area contributed by atoms with E-state index in [0.717, 1.165) is 0 Å². The Labute approximate surface area is 119 Å². The van der Waals surface area contributed by atoms with E-state index in [0.29, 0.717) is 6.54 Å². The maximum atomic E-state index is 12.1. The molecule has 1 amide bonds. The van der Waals surface area contributed by atoms with Crippen LogP contribution in [0, 0.1) is 10.1 Å². The second kappa shape index (κ2) is 6.31. The van der Waals surface area contributed by atoms with E-state index >= 15 is 0 Å². The number of hydrogen-bond acceptors (Lipinski definition) is 6. The Morgan fingerprint density at radius 3 is 2.95 bits per heavy atom. The van der Waals surface area contributed by atoms with E-state index in [4.69, 9.17) is 9.84 Å². The van der Waals surface area contributed by atoms with Gasteiger partial charge in [-0.3, -0.25) is 9.59 Å². The first-order chi connectivity index (χ1) is 9.95. The topological polar surface area (TPSA) is 128 Å². The fraction of sp³-hybridized carbons (Fsp3) is 0.545. The number of hydrogen-bond donors (Lipinski definition) is 1. The highest BCUT2D eigenvalue weighted by Crippen LogP contribution is 2.10. The van der Waals surface area contributed by atoms with Crippen molar-refractivity contribution in [3.63, 3.8) is 0 Å². The summed E-state index contributed by atoms with van der Waals surface area (Å²) in [6.45, 7) is 0.684. The Bertz CT molecular complexity index is 557. The Balaban J connectivity index is 1.92. The molecule has 10 heteroatoms. The summed E-state index contributed by atoms with van der Waals surface area (Å²) in [4.78, 5) is 34.1. The predicted molar refractivity (Wildman–Crippen MR) is 67.5 cm³/mol. The summed E-state index contributed by atoms with van der Waals surface area (Å²) in [6, 6.07) is 1.21. The van der Waals surface area contributed by atoms with Gasteiger partial charge < -0.3 is 24.9 Å². The summed E-state index contributed by atoms with van der Waals surface area (Å²) in [7, 11) is 0. The summed E-state index contributed by atoms with van der Waals surface area (Å²) in [5.74, 6) is -1.60. The van der Waals surface area contributed by atoms with Crippen LogP contribution >= 0.6 is 0 Å². The fourth-order valence-electron chi connectivity index (χ4n) is 2.04. The molecule has 1 aliphatic rings. The maximum Gasteiger partial charge on any atom is 0.389 e. The number of ether oxygens (including phenoxy) is 1. The van der Waals surface area contributed by atoms with Gasteiger partial charge in [0.05, 0.1) is 36.5 Å². The smallest absolute Gasteiger partial charge is 0.389 e. The number of carbonyl (C=O) groups excluding carboxylic acids is 1. The van der Waals surface area contributed by atoms with Gasteiger partial charge in [-0.1, -0.05) is 0 Å². The molecule has 1 aromatic rings. The van der Waals surface area contributed by atoms with E-state index in [1.165, 1.54) is 21.8 Å². The van der Waals surface area contributed by atoms with Crippen LogP contribution in [-0.2, 0) is 20.9 Å². The van der Waals surface area contributed by atoms with Crippen molar-refractivity contribution >= 4 is 17.7 Å². The van der Waals surface area contributed by atoms with Gasteiger partial charge in [-0.15, -0.1) is 0 Å². The molecule has 0 aliphatic carbocycles. The lowest BCUT2D eigenvalue weighted by Gasteiger charge is -2.32. The molecule has 0 bridgehead atoms. The minimum atomic E-state index is -0.989. The van der Waals surface area contributed by atoms with E-state index in [-0.39, 0.29) is 37.8 Å². The zero-order valence-electron chi connectivity index (χ0n) is 11.0. The predicted octanol–water partition coefficient (Wildman–Crippen LogP) is -0.507. The quantitative estimate of drug-likeness (QED) is 0.572. The Kier molecular flexibility index (Phi) is 4.48. The fourth-order valence-corrected chi connectivity index (χ4v) is 2.04. The normalized spacial score (nSPS) is 18.5. The molecule has 2 rings (SSSR count). The van der Waals surface area contributed by atoms with Gasteiger partial charge in [0.2, 0.25) is 5.91 Å². The van der Waals surface area contributed by atoms with Crippen molar-refractivity contribution in [3.05, 3.63) is 22.4 Å². The molecule has 0 radical (unpaired) electrons. The van der Waals surface area contributed by atoms with Crippen molar-refractivity contribution in [2.24, 2.45) is 0 Å². The minimum Gasteiger partial charge on any atom is -0.481 e. The molecule has 21 heavy (non-hydrogen) atoms. The molecule has 1 aliphatic heterocycles. The molecule has 10 nitrogen and oxygen atoms in total. The molecule has 114 valence electrons. The van der Waals surface area contributed by atoms with Crippen LogP contribution in [0.3, 0.4) is 0 Å². The molecule has 0 aromatic carbocycles. The SMILES string of the molecule is O=C(O)CC1CN(C(=O)Cn2ccc([N+](=O)[O-])n2)CCO1. The van der Waals surface area contributed by atoms with Crippen molar-refractivity contribution < 1.29 is 24.4 Å². The van der Waals surface area contributed by atoms with Gasteiger partial charge >= 0.3 is 11.8 Å². The van der Waals surface area contributed by atoms with Crippen LogP contribution in [0.15, 0.2) is 12.3 Å². The summed E-state index contributed by atoms with van der Waals surface area (Å²) in [6.07, 6.45) is 0.648. The number of nitrogens with zero attached hydrogens (tertiary/aromatic N) is 4. The van der Waals surface area contributed by atoms with Crippen LogP contribution in [-0.4, -0.2) is 62.4 Å².